The van der Waals surface area contributed by atoms with Gasteiger partial charge in [-0.25, -0.2) is 0 Å². The Balaban J connectivity index is 1.33. The standard InChI is InChI=1S/C27H24N6O2/c1-18(2)22-8-3-4-9-24(22)35-17-26(34)29-21-7-5-6-20(16-21)23-10-11-25-30-31-27(33(25)32-23)19-12-14-28-15-13-19/h3-16,18H,17H2,1-2H3,(H,29,34). The number of pyridine rings is 1. The molecule has 0 saturated heterocycles. The summed E-state index contributed by atoms with van der Waals surface area (Å²) >= 11 is 0. The number of rotatable bonds is 7. The number of hydrogen-bond acceptors (Lipinski definition) is 6. The molecule has 3 heterocycles. The molecule has 3 aromatic heterocycles. The van der Waals surface area contributed by atoms with E-state index in [2.05, 4.69) is 34.3 Å². The number of carbonyl (C=O) groups excluding carboxylic acids is 1. The van der Waals surface area contributed by atoms with E-state index >= 15 is 0 Å². The highest BCUT2D eigenvalue weighted by atomic mass is 16.5. The predicted octanol–water partition coefficient (Wildman–Crippen LogP) is 4.99. The van der Waals surface area contributed by atoms with E-state index in [0.717, 1.165) is 28.1 Å². The van der Waals surface area contributed by atoms with Crippen molar-refractivity contribution in [2.75, 3.05) is 11.9 Å². The number of hydrogen-bond donors (Lipinski definition) is 1. The van der Waals surface area contributed by atoms with Crippen molar-refractivity contribution in [3.63, 3.8) is 0 Å². The second-order valence-electron chi connectivity index (χ2n) is 8.36. The van der Waals surface area contributed by atoms with Crippen molar-refractivity contribution in [3.8, 4) is 28.4 Å². The normalized spacial score (nSPS) is 11.1. The van der Waals surface area contributed by atoms with Crippen LogP contribution in [0.5, 0.6) is 5.75 Å². The van der Waals surface area contributed by atoms with E-state index in [1.54, 1.807) is 16.9 Å². The Morgan fingerprint density at radius 1 is 0.943 bits per heavy atom. The maximum Gasteiger partial charge on any atom is 0.262 e. The molecule has 0 aliphatic rings. The van der Waals surface area contributed by atoms with Crippen molar-refractivity contribution in [1.29, 1.82) is 0 Å². The van der Waals surface area contributed by atoms with Crippen molar-refractivity contribution in [2.24, 2.45) is 0 Å². The molecule has 0 aliphatic carbocycles. The van der Waals surface area contributed by atoms with Gasteiger partial charge < -0.3 is 10.1 Å². The minimum absolute atomic E-state index is 0.0752. The van der Waals surface area contributed by atoms with Crippen molar-refractivity contribution >= 4 is 17.2 Å². The number of anilines is 1. The van der Waals surface area contributed by atoms with Gasteiger partial charge in [0.05, 0.1) is 5.69 Å². The Morgan fingerprint density at radius 2 is 1.77 bits per heavy atom. The molecule has 0 saturated carbocycles. The SMILES string of the molecule is CC(C)c1ccccc1OCC(=O)Nc1cccc(-c2ccc3nnc(-c4ccncc4)n3n2)c1. The average Bonchev–Trinajstić information content (AvgIpc) is 3.31. The average molecular weight is 465 g/mol. The molecule has 5 aromatic rings. The number of carbonyl (C=O) groups is 1. The first-order valence-corrected chi connectivity index (χ1v) is 11.3. The fourth-order valence-electron chi connectivity index (χ4n) is 3.81. The van der Waals surface area contributed by atoms with Gasteiger partial charge in [-0.1, -0.05) is 44.2 Å². The van der Waals surface area contributed by atoms with Gasteiger partial charge in [0.15, 0.2) is 18.1 Å². The molecule has 0 spiro atoms. The van der Waals surface area contributed by atoms with Crippen LogP contribution in [0, 0.1) is 0 Å². The molecule has 0 atom stereocenters. The van der Waals surface area contributed by atoms with Crippen LogP contribution in [-0.2, 0) is 4.79 Å². The van der Waals surface area contributed by atoms with Crippen molar-refractivity contribution < 1.29 is 9.53 Å². The number of fused-ring (bicyclic) bond motifs is 1. The van der Waals surface area contributed by atoms with Crippen LogP contribution in [-0.4, -0.2) is 37.3 Å². The molecule has 5 rings (SSSR count). The highest BCUT2D eigenvalue weighted by Gasteiger charge is 2.12. The minimum Gasteiger partial charge on any atom is -0.483 e. The maximum atomic E-state index is 12.6. The highest BCUT2D eigenvalue weighted by Crippen LogP contribution is 2.26. The third-order valence-corrected chi connectivity index (χ3v) is 5.54. The lowest BCUT2D eigenvalue weighted by atomic mass is 10.0. The summed E-state index contributed by atoms with van der Waals surface area (Å²) in [5.74, 6) is 1.43. The van der Waals surface area contributed by atoms with Crippen LogP contribution in [0.3, 0.4) is 0 Å². The first kappa shape index (κ1) is 22.2. The second-order valence-corrected chi connectivity index (χ2v) is 8.36. The molecule has 35 heavy (non-hydrogen) atoms. The van der Waals surface area contributed by atoms with Gasteiger partial charge in [-0.05, 0) is 53.9 Å². The van der Waals surface area contributed by atoms with Crippen LogP contribution in [0.15, 0.2) is 85.2 Å². The lowest BCUT2D eigenvalue weighted by molar-refractivity contribution is -0.118. The Morgan fingerprint density at radius 3 is 2.60 bits per heavy atom. The fraction of sp³-hybridized carbons (Fsp3) is 0.148. The molecular weight excluding hydrogens is 440 g/mol. The molecule has 2 aromatic carbocycles. The number of ether oxygens (including phenoxy) is 1. The van der Waals surface area contributed by atoms with E-state index in [1.807, 2.05) is 72.8 Å². The van der Waals surface area contributed by atoms with Gasteiger partial charge in [-0.15, -0.1) is 10.2 Å². The van der Waals surface area contributed by atoms with Crippen LogP contribution in [0.2, 0.25) is 0 Å². The molecule has 0 fully saturated rings. The van der Waals surface area contributed by atoms with Gasteiger partial charge in [0, 0.05) is 29.2 Å². The topological polar surface area (TPSA) is 94.3 Å². The van der Waals surface area contributed by atoms with E-state index < -0.39 is 0 Å². The van der Waals surface area contributed by atoms with E-state index in [0.29, 0.717) is 23.1 Å². The summed E-state index contributed by atoms with van der Waals surface area (Å²) in [6.45, 7) is 4.12. The van der Waals surface area contributed by atoms with Gasteiger partial charge in [0.1, 0.15) is 5.75 Å². The Hall–Kier alpha value is -4.59. The zero-order chi connectivity index (χ0) is 24.2. The van der Waals surface area contributed by atoms with E-state index in [9.17, 15) is 4.79 Å². The second kappa shape index (κ2) is 9.72. The molecule has 174 valence electrons. The monoisotopic (exact) mass is 464 g/mol. The largest absolute Gasteiger partial charge is 0.483 e. The fourth-order valence-corrected chi connectivity index (χ4v) is 3.81. The number of aromatic nitrogens is 5. The summed E-state index contributed by atoms with van der Waals surface area (Å²) in [5, 5.41) is 16.1. The third-order valence-electron chi connectivity index (χ3n) is 5.54. The van der Waals surface area contributed by atoms with Gasteiger partial charge >= 0.3 is 0 Å². The molecule has 8 nitrogen and oxygen atoms in total. The Kier molecular flexibility index (Phi) is 6.17. The Labute approximate surface area is 202 Å². The summed E-state index contributed by atoms with van der Waals surface area (Å²) in [7, 11) is 0. The molecule has 0 unspecified atom stereocenters. The zero-order valence-corrected chi connectivity index (χ0v) is 19.4. The first-order chi connectivity index (χ1) is 17.1. The van der Waals surface area contributed by atoms with Crippen LogP contribution in [0.25, 0.3) is 28.3 Å². The van der Waals surface area contributed by atoms with Crippen molar-refractivity contribution in [3.05, 3.63) is 90.8 Å². The van der Waals surface area contributed by atoms with Gasteiger partial charge in [-0.2, -0.15) is 9.61 Å². The summed E-state index contributed by atoms with van der Waals surface area (Å²) in [6.07, 6.45) is 3.41. The molecule has 0 aliphatic heterocycles. The Bertz CT molecular complexity index is 1480. The van der Waals surface area contributed by atoms with E-state index in [1.165, 1.54) is 0 Å². The number of benzene rings is 2. The van der Waals surface area contributed by atoms with Crippen LogP contribution in [0.4, 0.5) is 5.69 Å². The maximum absolute atomic E-state index is 12.6. The summed E-state index contributed by atoms with van der Waals surface area (Å²) in [4.78, 5) is 16.6. The quantitative estimate of drug-likeness (QED) is 0.365. The van der Waals surface area contributed by atoms with E-state index in [-0.39, 0.29) is 12.5 Å². The van der Waals surface area contributed by atoms with Crippen LogP contribution < -0.4 is 10.1 Å². The summed E-state index contributed by atoms with van der Waals surface area (Å²) in [5.41, 5.74) is 4.83. The number of nitrogens with one attached hydrogen (secondary N) is 1. The first-order valence-electron chi connectivity index (χ1n) is 11.3. The summed E-state index contributed by atoms with van der Waals surface area (Å²) in [6, 6.07) is 22.8. The molecular formula is C27H24N6O2. The zero-order valence-electron chi connectivity index (χ0n) is 19.4. The lowest BCUT2D eigenvalue weighted by Crippen LogP contribution is -2.20. The number of para-hydroxylation sites is 1. The lowest BCUT2D eigenvalue weighted by Gasteiger charge is -2.14. The number of amides is 1. The van der Waals surface area contributed by atoms with Crippen molar-refractivity contribution in [1.82, 2.24) is 24.8 Å². The molecule has 0 radical (unpaired) electrons. The third kappa shape index (κ3) is 4.86. The molecule has 8 heteroatoms. The van der Waals surface area contributed by atoms with Gasteiger partial charge in [-0.3, -0.25) is 9.78 Å². The van der Waals surface area contributed by atoms with Gasteiger partial charge in [0.2, 0.25) is 0 Å². The van der Waals surface area contributed by atoms with Crippen molar-refractivity contribution in [2.45, 2.75) is 19.8 Å². The van der Waals surface area contributed by atoms with Gasteiger partial charge in [0.25, 0.3) is 5.91 Å². The molecule has 1 amide bonds. The smallest absolute Gasteiger partial charge is 0.262 e. The minimum atomic E-state index is -0.233. The number of nitrogens with zero attached hydrogens (tertiary/aromatic N) is 5. The van der Waals surface area contributed by atoms with E-state index in [4.69, 9.17) is 9.84 Å². The predicted molar refractivity (Wildman–Crippen MR) is 134 cm³/mol. The molecule has 1 N–H and O–H groups in total. The highest BCUT2D eigenvalue weighted by molar-refractivity contribution is 5.92. The van der Waals surface area contributed by atoms with Crippen LogP contribution >= 0.6 is 0 Å². The summed E-state index contributed by atoms with van der Waals surface area (Å²) < 4.78 is 7.50. The van der Waals surface area contributed by atoms with Crippen LogP contribution in [0.1, 0.15) is 25.3 Å². The molecule has 0 bridgehead atoms.